The average Bonchev–Trinajstić information content (AvgIpc) is 3.26. The number of unbranched alkanes of at least 4 members (excludes halogenated alkanes) is 11. The van der Waals surface area contributed by atoms with Crippen LogP contribution in [0.15, 0.2) is 121 Å². The van der Waals surface area contributed by atoms with Crippen molar-refractivity contribution < 1.29 is 28.7 Å². The highest BCUT2D eigenvalue weighted by Crippen LogP contribution is 2.25. The standard InChI is InChI=1S/C49H54N2O7/c50-38-39-14-16-40(17-15-39)42-22-28-47(29-23-42)56-36-12-9-13-37-58-49(52)44-20-18-41(19-21-44)43-24-30-46(31-25-43)55-34-10-7-5-3-1-2-4-6-8-11-35-57-48-32-26-45(27-33-48)51(53)54/h14-33H,1-13,34-37H2. The number of non-ortho nitro benzene ring substituents is 1. The van der Waals surface area contributed by atoms with Crippen molar-refractivity contribution in [1.82, 2.24) is 0 Å². The van der Waals surface area contributed by atoms with Gasteiger partial charge in [-0.25, -0.2) is 4.79 Å². The molecule has 0 aliphatic heterocycles. The lowest BCUT2D eigenvalue weighted by Crippen LogP contribution is -2.07. The minimum absolute atomic E-state index is 0.0794. The van der Waals surface area contributed by atoms with Gasteiger partial charge in [-0.3, -0.25) is 10.1 Å². The summed E-state index contributed by atoms with van der Waals surface area (Å²) in [5.74, 6) is 2.05. The van der Waals surface area contributed by atoms with Crippen LogP contribution in [0.5, 0.6) is 17.2 Å². The summed E-state index contributed by atoms with van der Waals surface area (Å²) in [4.78, 5) is 22.9. The number of esters is 1. The molecular weight excluding hydrogens is 729 g/mol. The number of carbonyl (C=O) groups excluding carboxylic acids is 1. The Labute approximate surface area is 342 Å². The second-order valence-electron chi connectivity index (χ2n) is 14.3. The Kier molecular flexibility index (Phi) is 18.1. The van der Waals surface area contributed by atoms with Gasteiger partial charge in [0.1, 0.15) is 17.2 Å². The van der Waals surface area contributed by atoms with Crippen LogP contribution in [-0.2, 0) is 4.74 Å². The predicted octanol–water partition coefficient (Wildman–Crippen LogP) is 12.6. The summed E-state index contributed by atoms with van der Waals surface area (Å²) in [6, 6.07) is 39.5. The normalized spacial score (nSPS) is 10.7. The molecule has 5 aromatic rings. The maximum Gasteiger partial charge on any atom is 0.338 e. The zero-order chi connectivity index (χ0) is 40.6. The summed E-state index contributed by atoms with van der Waals surface area (Å²) in [7, 11) is 0. The first kappa shape index (κ1) is 43.0. The fourth-order valence-corrected chi connectivity index (χ4v) is 6.50. The third kappa shape index (κ3) is 15.1. The van der Waals surface area contributed by atoms with E-state index < -0.39 is 4.92 Å². The van der Waals surface area contributed by atoms with Crippen LogP contribution >= 0.6 is 0 Å². The number of nitro benzene ring substituents is 1. The van der Waals surface area contributed by atoms with Gasteiger partial charge >= 0.3 is 5.97 Å². The monoisotopic (exact) mass is 782 g/mol. The molecule has 0 saturated heterocycles. The number of benzene rings is 5. The van der Waals surface area contributed by atoms with Crippen molar-refractivity contribution in [2.45, 2.75) is 83.5 Å². The molecule has 0 amide bonds. The smallest absolute Gasteiger partial charge is 0.338 e. The van der Waals surface area contributed by atoms with Crippen molar-refractivity contribution in [1.29, 1.82) is 5.26 Å². The Morgan fingerprint density at radius 2 is 0.793 bits per heavy atom. The molecule has 0 heterocycles. The molecule has 9 heteroatoms. The third-order valence-corrected chi connectivity index (χ3v) is 9.92. The SMILES string of the molecule is N#Cc1ccc(-c2ccc(OCCCCCOC(=O)c3ccc(-c4ccc(OCCCCCCCCCCCCOc5ccc([N+](=O)[O-])cc5)cc4)cc3)cc2)cc1. The van der Waals surface area contributed by atoms with Crippen molar-refractivity contribution in [3.8, 4) is 45.6 Å². The highest BCUT2D eigenvalue weighted by Gasteiger charge is 2.09. The van der Waals surface area contributed by atoms with Gasteiger partial charge in [-0.1, -0.05) is 99.9 Å². The summed E-state index contributed by atoms with van der Waals surface area (Å²) in [6.45, 7) is 2.32. The Morgan fingerprint density at radius 3 is 1.19 bits per heavy atom. The van der Waals surface area contributed by atoms with Crippen molar-refractivity contribution in [2.75, 3.05) is 26.4 Å². The molecular formula is C49H54N2O7. The number of nitro groups is 1. The maximum absolute atomic E-state index is 12.6. The summed E-state index contributed by atoms with van der Waals surface area (Å²) >= 11 is 0. The molecule has 5 aromatic carbocycles. The molecule has 0 aliphatic rings. The number of hydrogen-bond acceptors (Lipinski definition) is 8. The highest BCUT2D eigenvalue weighted by atomic mass is 16.6. The van der Waals surface area contributed by atoms with Crippen molar-refractivity contribution >= 4 is 11.7 Å². The molecule has 0 radical (unpaired) electrons. The zero-order valence-electron chi connectivity index (χ0n) is 33.3. The van der Waals surface area contributed by atoms with Gasteiger partial charge in [0.05, 0.1) is 48.5 Å². The zero-order valence-corrected chi connectivity index (χ0v) is 33.3. The second kappa shape index (κ2) is 24.5. The molecule has 302 valence electrons. The van der Waals surface area contributed by atoms with E-state index in [1.807, 2.05) is 97.1 Å². The topological polar surface area (TPSA) is 121 Å². The summed E-state index contributed by atoms with van der Waals surface area (Å²) in [5, 5.41) is 19.7. The molecule has 0 fully saturated rings. The Hall–Kier alpha value is -6.14. The Morgan fingerprint density at radius 1 is 0.466 bits per heavy atom. The molecule has 0 saturated carbocycles. The largest absolute Gasteiger partial charge is 0.494 e. The van der Waals surface area contributed by atoms with Crippen LogP contribution < -0.4 is 14.2 Å². The van der Waals surface area contributed by atoms with Gasteiger partial charge in [0.2, 0.25) is 0 Å². The van der Waals surface area contributed by atoms with Crippen LogP contribution in [0.2, 0.25) is 0 Å². The van der Waals surface area contributed by atoms with E-state index in [4.69, 9.17) is 24.2 Å². The number of ether oxygens (including phenoxy) is 4. The predicted molar refractivity (Wildman–Crippen MR) is 228 cm³/mol. The number of hydrogen-bond donors (Lipinski definition) is 0. The van der Waals surface area contributed by atoms with E-state index in [0.29, 0.717) is 43.3 Å². The number of carbonyl (C=O) groups is 1. The van der Waals surface area contributed by atoms with Crippen LogP contribution in [0.1, 0.15) is 99.4 Å². The number of nitrogens with zero attached hydrogens (tertiary/aromatic N) is 2. The highest BCUT2D eigenvalue weighted by molar-refractivity contribution is 5.90. The fraction of sp³-hybridized carbons (Fsp3) is 0.347. The van der Waals surface area contributed by atoms with Gasteiger partial charge < -0.3 is 18.9 Å². The molecule has 9 nitrogen and oxygen atoms in total. The molecule has 0 N–H and O–H groups in total. The van der Waals surface area contributed by atoms with Crippen molar-refractivity contribution in [3.63, 3.8) is 0 Å². The molecule has 5 rings (SSSR count). The lowest BCUT2D eigenvalue weighted by atomic mass is 10.0. The Bertz CT molecular complexity index is 1990. The van der Waals surface area contributed by atoms with Crippen LogP contribution in [0.25, 0.3) is 22.3 Å². The first-order valence-corrected chi connectivity index (χ1v) is 20.6. The van der Waals surface area contributed by atoms with Gasteiger partial charge in [-0.15, -0.1) is 0 Å². The van der Waals surface area contributed by atoms with Gasteiger partial charge in [-0.2, -0.15) is 5.26 Å². The lowest BCUT2D eigenvalue weighted by Gasteiger charge is -2.09. The third-order valence-electron chi connectivity index (χ3n) is 9.92. The van der Waals surface area contributed by atoms with Crippen molar-refractivity contribution in [2.24, 2.45) is 0 Å². The second-order valence-corrected chi connectivity index (χ2v) is 14.3. The van der Waals surface area contributed by atoms with Gasteiger partial charge in [-0.05, 0) is 115 Å². The van der Waals surface area contributed by atoms with Crippen molar-refractivity contribution in [3.05, 3.63) is 143 Å². The maximum atomic E-state index is 12.6. The summed E-state index contributed by atoms with van der Waals surface area (Å²) in [6.07, 6.45) is 14.3. The summed E-state index contributed by atoms with van der Waals surface area (Å²) in [5.41, 5.74) is 5.48. The van der Waals surface area contributed by atoms with Crippen LogP contribution in [0, 0.1) is 21.4 Å². The summed E-state index contributed by atoms with van der Waals surface area (Å²) < 4.78 is 23.1. The van der Waals surface area contributed by atoms with Gasteiger partial charge in [0.15, 0.2) is 0 Å². The molecule has 0 unspecified atom stereocenters. The number of rotatable bonds is 26. The average molecular weight is 783 g/mol. The van der Waals surface area contributed by atoms with E-state index in [2.05, 4.69) is 6.07 Å². The first-order valence-electron chi connectivity index (χ1n) is 20.6. The van der Waals surface area contributed by atoms with E-state index in [-0.39, 0.29) is 11.7 Å². The van der Waals surface area contributed by atoms with E-state index in [1.165, 1.54) is 57.1 Å². The molecule has 58 heavy (non-hydrogen) atoms. The molecule has 0 spiro atoms. The molecule has 0 aliphatic carbocycles. The molecule has 0 aromatic heterocycles. The van der Waals surface area contributed by atoms with Crippen LogP contribution in [-0.4, -0.2) is 37.3 Å². The van der Waals surface area contributed by atoms with Crippen LogP contribution in [0.3, 0.4) is 0 Å². The first-order chi connectivity index (χ1) is 28.5. The van der Waals surface area contributed by atoms with E-state index in [1.54, 1.807) is 12.1 Å². The van der Waals surface area contributed by atoms with E-state index in [0.717, 1.165) is 72.3 Å². The minimum atomic E-state index is -0.404. The quantitative estimate of drug-likeness (QED) is 0.0235. The fourth-order valence-electron chi connectivity index (χ4n) is 6.50. The van der Waals surface area contributed by atoms with E-state index in [9.17, 15) is 14.9 Å². The lowest BCUT2D eigenvalue weighted by molar-refractivity contribution is -0.384. The Balaban J connectivity index is 0.838. The minimum Gasteiger partial charge on any atom is -0.494 e. The number of nitriles is 1. The van der Waals surface area contributed by atoms with Crippen LogP contribution in [0.4, 0.5) is 5.69 Å². The van der Waals surface area contributed by atoms with Gasteiger partial charge in [0.25, 0.3) is 5.69 Å². The van der Waals surface area contributed by atoms with E-state index >= 15 is 0 Å². The van der Waals surface area contributed by atoms with Gasteiger partial charge in [0, 0.05) is 12.1 Å². The molecule has 0 bridgehead atoms. The molecule has 0 atom stereocenters.